The van der Waals surface area contributed by atoms with Crippen molar-refractivity contribution in [2.24, 2.45) is 5.92 Å². The molecule has 2 heterocycles. The highest BCUT2D eigenvalue weighted by Gasteiger charge is 2.37. The molecule has 0 radical (unpaired) electrons. The van der Waals surface area contributed by atoms with E-state index in [1.165, 1.54) is 30.1 Å². The molecule has 0 aliphatic carbocycles. The highest BCUT2D eigenvalue weighted by atomic mass is 127. The van der Waals surface area contributed by atoms with E-state index in [9.17, 15) is 0 Å². The molecule has 11 heavy (non-hydrogen) atoms. The van der Waals surface area contributed by atoms with Gasteiger partial charge in [-0.1, -0.05) is 22.6 Å². The average molecular weight is 265 g/mol. The summed E-state index contributed by atoms with van der Waals surface area (Å²) in [7, 11) is 2.31. The number of rotatable bonds is 1. The fourth-order valence-electron chi connectivity index (χ4n) is 2.65. The van der Waals surface area contributed by atoms with Gasteiger partial charge in [-0.2, -0.15) is 0 Å². The Morgan fingerprint density at radius 1 is 1.27 bits per heavy atom. The number of hydrogen-bond donors (Lipinski definition) is 0. The molecule has 0 spiro atoms. The smallest absolute Gasteiger partial charge is 0.00986 e. The third-order valence-electron chi connectivity index (χ3n) is 3.41. The van der Waals surface area contributed by atoms with E-state index in [0.717, 1.165) is 18.0 Å². The topological polar surface area (TPSA) is 3.24 Å². The van der Waals surface area contributed by atoms with Crippen LogP contribution < -0.4 is 0 Å². The van der Waals surface area contributed by atoms with Crippen molar-refractivity contribution < 1.29 is 0 Å². The summed E-state index contributed by atoms with van der Waals surface area (Å²) in [5.41, 5.74) is 0. The van der Waals surface area contributed by atoms with Gasteiger partial charge in [0, 0.05) is 16.5 Å². The van der Waals surface area contributed by atoms with Gasteiger partial charge in [0.2, 0.25) is 0 Å². The fourth-order valence-corrected chi connectivity index (χ4v) is 3.37. The minimum Gasteiger partial charge on any atom is -0.300 e. The van der Waals surface area contributed by atoms with Gasteiger partial charge < -0.3 is 4.90 Å². The van der Waals surface area contributed by atoms with E-state index in [1.807, 2.05) is 0 Å². The number of alkyl halides is 1. The van der Waals surface area contributed by atoms with Crippen molar-refractivity contribution in [2.75, 3.05) is 11.5 Å². The van der Waals surface area contributed by atoms with E-state index in [0.29, 0.717) is 0 Å². The van der Waals surface area contributed by atoms with Gasteiger partial charge in [-0.05, 0) is 38.6 Å². The molecule has 0 saturated carbocycles. The molecule has 2 bridgehead atoms. The Morgan fingerprint density at radius 3 is 2.27 bits per heavy atom. The van der Waals surface area contributed by atoms with Crippen LogP contribution in [0, 0.1) is 5.92 Å². The zero-order valence-corrected chi connectivity index (χ0v) is 9.25. The summed E-state index contributed by atoms with van der Waals surface area (Å²) in [4.78, 5) is 2.61. The van der Waals surface area contributed by atoms with Gasteiger partial charge in [0.25, 0.3) is 0 Å². The Bertz CT molecular complexity index is 134. The second kappa shape index (κ2) is 3.21. The molecule has 64 valence electrons. The second-order valence-corrected chi connectivity index (χ2v) is 4.92. The van der Waals surface area contributed by atoms with Crippen LogP contribution in [0.2, 0.25) is 0 Å². The number of fused-ring (bicyclic) bond motifs is 2. The summed E-state index contributed by atoms with van der Waals surface area (Å²) >= 11 is 2.54. The largest absolute Gasteiger partial charge is 0.300 e. The van der Waals surface area contributed by atoms with Crippen molar-refractivity contribution in [1.82, 2.24) is 4.90 Å². The lowest BCUT2D eigenvalue weighted by Crippen LogP contribution is -2.40. The minimum atomic E-state index is 0.938. The Kier molecular flexibility index (Phi) is 2.42. The molecule has 2 fully saturated rings. The predicted octanol–water partition coefficient (Wildman–Crippen LogP) is 2.29. The summed E-state index contributed by atoms with van der Waals surface area (Å²) in [5, 5.41) is 0. The van der Waals surface area contributed by atoms with Crippen molar-refractivity contribution in [3.63, 3.8) is 0 Å². The summed E-state index contributed by atoms with van der Waals surface area (Å²) in [6, 6.07) is 1.88. The van der Waals surface area contributed by atoms with Crippen LogP contribution in [0.5, 0.6) is 0 Å². The molecule has 0 aromatic carbocycles. The first-order chi connectivity index (χ1) is 5.31. The van der Waals surface area contributed by atoms with Crippen molar-refractivity contribution in [1.29, 1.82) is 0 Å². The molecule has 0 amide bonds. The zero-order valence-electron chi connectivity index (χ0n) is 7.09. The summed E-state index contributed by atoms with van der Waals surface area (Å²) in [5.74, 6) is 1.03. The van der Waals surface area contributed by atoms with Gasteiger partial charge >= 0.3 is 0 Å². The Balaban J connectivity index is 2.02. The standard InChI is InChI=1S/C9H16IN/c1-11-8-2-3-9(11)5-7(4-8)6-10/h7-9H,2-6H2,1H3/t7?,8-,9+. The molecule has 1 unspecified atom stereocenters. The van der Waals surface area contributed by atoms with E-state index >= 15 is 0 Å². The first-order valence-electron chi connectivity index (χ1n) is 4.59. The number of hydrogen-bond acceptors (Lipinski definition) is 1. The highest BCUT2D eigenvalue weighted by Crippen LogP contribution is 2.37. The number of piperidine rings is 1. The number of halogens is 1. The summed E-state index contributed by atoms with van der Waals surface area (Å²) in [6.07, 6.45) is 5.87. The van der Waals surface area contributed by atoms with E-state index in [-0.39, 0.29) is 0 Å². The molecule has 2 aliphatic heterocycles. The second-order valence-electron chi connectivity index (χ2n) is 4.04. The zero-order chi connectivity index (χ0) is 7.84. The maximum atomic E-state index is 2.61. The minimum absolute atomic E-state index is 0.938. The van der Waals surface area contributed by atoms with E-state index < -0.39 is 0 Å². The van der Waals surface area contributed by atoms with E-state index in [4.69, 9.17) is 0 Å². The number of nitrogens with zero attached hydrogens (tertiary/aromatic N) is 1. The molecular weight excluding hydrogens is 249 g/mol. The van der Waals surface area contributed by atoms with Crippen LogP contribution in [-0.4, -0.2) is 28.5 Å². The molecule has 0 aromatic rings. The van der Waals surface area contributed by atoms with Gasteiger partial charge in [-0.3, -0.25) is 0 Å². The molecule has 2 heteroatoms. The summed E-state index contributed by atoms with van der Waals surface area (Å²) < 4.78 is 1.37. The van der Waals surface area contributed by atoms with Crippen LogP contribution >= 0.6 is 22.6 Å². The third kappa shape index (κ3) is 1.44. The Morgan fingerprint density at radius 2 is 1.82 bits per heavy atom. The van der Waals surface area contributed by atoms with Gasteiger partial charge in [-0.15, -0.1) is 0 Å². The Labute approximate surface area is 82.7 Å². The van der Waals surface area contributed by atoms with Crippen LogP contribution in [0.3, 0.4) is 0 Å². The van der Waals surface area contributed by atoms with Gasteiger partial charge in [0.15, 0.2) is 0 Å². The van der Waals surface area contributed by atoms with Gasteiger partial charge in [-0.25, -0.2) is 0 Å². The maximum absolute atomic E-state index is 2.61. The molecule has 2 saturated heterocycles. The van der Waals surface area contributed by atoms with Crippen LogP contribution in [0.25, 0.3) is 0 Å². The fraction of sp³-hybridized carbons (Fsp3) is 1.00. The monoisotopic (exact) mass is 265 g/mol. The van der Waals surface area contributed by atoms with Crippen LogP contribution in [0.4, 0.5) is 0 Å². The SMILES string of the molecule is CN1[C@@H]2CC[C@H]1CC(CI)C2. The molecule has 1 nitrogen and oxygen atoms in total. The predicted molar refractivity (Wildman–Crippen MR) is 56.2 cm³/mol. The molecule has 2 rings (SSSR count). The maximum Gasteiger partial charge on any atom is 0.00986 e. The van der Waals surface area contributed by atoms with Crippen molar-refractivity contribution in [3.05, 3.63) is 0 Å². The molecule has 2 aliphatic rings. The molecule has 0 N–H and O–H groups in total. The highest BCUT2D eigenvalue weighted by molar-refractivity contribution is 14.1. The Hall–Kier alpha value is 0.690. The lowest BCUT2D eigenvalue weighted by molar-refractivity contribution is 0.144. The normalized spacial score (nSPS) is 44.7. The van der Waals surface area contributed by atoms with Crippen molar-refractivity contribution >= 4 is 22.6 Å². The molecular formula is C9H16IN. The average Bonchev–Trinajstić information content (AvgIpc) is 2.26. The van der Waals surface area contributed by atoms with Crippen LogP contribution in [0.1, 0.15) is 25.7 Å². The van der Waals surface area contributed by atoms with Gasteiger partial charge in [0.1, 0.15) is 0 Å². The molecule has 0 aromatic heterocycles. The van der Waals surface area contributed by atoms with E-state index in [2.05, 4.69) is 34.5 Å². The lowest BCUT2D eigenvalue weighted by Gasteiger charge is -2.35. The van der Waals surface area contributed by atoms with Crippen molar-refractivity contribution in [2.45, 2.75) is 37.8 Å². The van der Waals surface area contributed by atoms with E-state index in [1.54, 1.807) is 0 Å². The van der Waals surface area contributed by atoms with Crippen molar-refractivity contribution in [3.8, 4) is 0 Å². The first kappa shape index (κ1) is 8.30. The summed E-state index contributed by atoms with van der Waals surface area (Å²) in [6.45, 7) is 0. The first-order valence-corrected chi connectivity index (χ1v) is 6.11. The molecule has 3 atom stereocenters. The quantitative estimate of drug-likeness (QED) is 0.519. The third-order valence-corrected chi connectivity index (χ3v) is 4.66. The van der Waals surface area contributed by atoms with Gasteiger partial charge in [0.05, 0.1) is 0 Å². The lowest BCUT2D eigenvalue weighted by atomic mass is 9.93. The van der Waals surface area contributed by atoms with Crippen LogP contribution in [-0.2, 0) is 0 Å². The van der Waals surface area contributed by atoms with Crippen LogP contribution in [0.15, 0.2) is 0 Å².